The number of aromatic nitrogens is 2. The van der Waals surface area contributed by atoms with Crippen molar-refractivity contribution >= 4 is 11.9 Å². The average molecular weight is 458 g/mol. The van der Waals surface area contributed by atoms with Gasteiger partial charge in [-0.15, -0.1) is 0 Å². The van der Waals surface area contributed by atoms with Gasteiger partial charge in [-0.1, -0.05) is 0 Å². The van der Waals surface area contributed by atoms with Crippen molar-refractivity contribution in [2.45, 2.75) is 38.1 Å². The molecule has 4 heterocycles. The van der Waals surface area contributed by atoms with Crippen LogP contribution in [0.3, 0.4) is 0 Å². The molecule has 1 amide bonds. The third-order valence-electron chi connectivity index (χ3n) is 5.34. The molecule has 0 aromatic carbocycles. The lowest BCUT2D eigenvalue weighted by Gasteiger charge is -2.33. The van der Waals surface area contributed by atoms with E-state index in [4.69, 9.17) is 19.1 Å². The minimum absolute atomic E-state index is 0.0719. The number of fused-ring (bicyclic) bond motifs is 1. The number of furan rings is 1. The van der Waals surface area contributed by atoms with Crippen LogP contribution in [0.25, 0.3) is 0 Å². The quantitative estimate of drug-likeness (QED) is 0.707. The summed E-state index contributed by atoms with van der Waals surface area (Å²) >= 11 is 0. The molecule has 0 aliphatic carbocycles. The molecule has 2 aromatic rings. The summed E-state index contributed by atoms with van der Waals surface area (Å²) in [6, 6.07) is 1.73. The Hall–Kier alpha value is -2.86. The number of carbonyl (C=O) groups excluding carboxylic acids is 1. The maximum atomic E-state index is 12.8. The molecule has 1 atom stereocenters. The van der Waals surface area contributed by atoms with E-state index in [0.717, 1.165) is 56.9 Å². The van der Waals surface area contributed by atoms with Gasteiger partial charge in [-0.05, 0) is 24.8 Å². The van der Waals surface area contributed by atoms with E-state index in [0.29, 0.717) is 12.5 Å². The number of imidazole rings is 1. The Bertz CT molecular complexity index is 878. The van der Waals surface area contributed by atoms with E-state index < -0.39 is 12.1 Å². The van der Waals surface area contributed by atoms with Gasteiger partial charge in [0.15, 0.2) is 0 Å². The predicted molar refractivity (Wildman–Crippen MR) is 104 cm³/mol. The highest BCUT2D eigenvalue weighted by Crippen LogP contribution is 2.23. The maximum absolute atomic E-state index is 12.8. The third-order valence-corrected chi connectivity index (χ3v) is 5.34. The fourth-order valence-electron chi connectivity index (χ4n) is 3.65. The van der Waals surface area contributed by atoms with E-state index in [1.165, 1.54) is 0 Å². The van der Waals surface area contributed by atoms with Gasteiger partial charge in [-0.3, -0.25) is 9.69 Å². The van der Waals surface area contributed by atoms with Gasteiger partial charge >= 0.3 is 12.1 Å². The Morgan fingerprint density at radius 3 is 2.62 bits per heavy atom. The Morgan fingerprint density at radius 2 is 2.00 bits per heavy atom. The standard InChI is InChI=1S/C18H24N4O3.C2HF3O2/c23-18(20-7-14-1-4-24-5-2-14)17-11-21(9-15-3-6-25-12-15)10-16-8-19-13-22(16)17;3-2(4,5)1(6)7/h3,6,8,12-14,17H,1-2,4-5,7,9-11H2,(H,20,23);(H,6,7). The number of aliphatic carboxylic acids is 1. The van der Waals surface area contributed by atoms with E-state index in [-0.39, 0.29) is 11.9 Å². The van der Waals surface area contributed by atoms with Crippen molar-refractivity contribution in [3.63, 3.8) is 0 Å². The van der Waals surface area contributed by atoms with Gasteiger partial charge in [0.1, 0.15) is 6.04 Å². The van der Waals surface area contributed by atoms with Crippen molar-refractivity contribution in [3.8, 4) is 0 Å². The Morgan fingerprint density at radius 1 is 1.28 bits per heavy atom. The number of amides is 1. The van der Waals surface area contributed by atoms with Crippen LogP contribution in [0.5, 0.6) is 0 Å². The fourth-order valence-corrected chi connectivity index (χ4v) is 3.65. The van der Waals surface area contributed by atoms with Gasteiger partial charge in [-0.2, -0.15) is 13.2 Å². The van der Waals surface area contributed by atoms with Crippen LogP contribution in [-0.4, -0.2) is 63.9 Å². The number of hydrogen-bond acceptors (Lipinski definition) is 6. The first-order valence-corrected chi connectivity index (χ1v) is 10.1. The summed E-state index contributed by atoms with van der Waals surface area (Å²) in [4.78, 5) is 28.2. The van der Waals surface area contributed by atoms with Gasteiger partial charge in [0.05, 0.1) is 24.5 Å². The first kappa shape index (κ1) is 23.8. The maximum Gasteiger partial charge on any atom is 0.490 e. The van der Waals surface area contributed by atoms with Crippen molar-refractivity contribution in [1.82, 2.24) is 19.8 Å². The van der Waals surface area contributed by atoms with Gasteiger partial charge in [-0.25, -0.2) is 9.78 Å². The first-order valence-electron chi connectivity index (χ1n) is 10.1. The van der Waals surface area contributed by atoms with Crippen LogP contribution >= 0.6 is 0 Å². The molecule has 1 fully saturated rings. The number of rotatable bonds is 5. The molecule has 0 spiro atoms. The minimum Gasteiger partial charge on any atom is -0.475 e. The number of nitrogens with one attached hydrogen (secondary N) is 1. The van der Waals surface area contributed by atoms with Crippen LogP contribution in [0.1, 0.15) is 30.1 Å². The molecule has 0 bridgehead atoms. The zero-order valence-corrected chi connectivity index (χ0v) is 17.3. The van der Waals surface area contributed by atoms with Crippen molar-refractivity contribution in [1.29, 1.82) is 0 Å². The van der Waals surface area contributed by atoms with E-state index in [1.54, 1.807) is 18.9 Å². The van der Waals surface area contributed by atoms with Crippen molar-refractivity contribution in [3.05, 3.63) is 42.4 Å². The Balaban J connectivity index is 0.000000360. The molecule has 2 aliphatic rings. The lowest BCUT2D eigenvalue weighted by atomic mass is 10.0. The molecule has 9 nitrogen and oxygen atoms in total. The largest absolute Gasteiger partial charge is 0.490 e. The van der Waals surface area contributed by atoms with E-state index >= 15 is 0 Å². The Kier molecular flexibility index (Phi) is 7.91. The summed E-state index contributed by atoms with van der Waals surface area (Å²) in [6.07, 6.45) is 4.01. The molecule has 2 aromatic heterocycles. The smallest absolute Gasteiger partial charge is 0.475 e. The molecule has 4 rings (SSSR count). The molecule has 176 valence electrons. The highest BCUT2D eigenvalue weighted by Gasteiger charge is 2.38. The summed E-state index contributed by atoms with van der Waals surface area (Å²) in [6.45, 7) is 4.56. The molecule has 0 radical (unpaired) electrons. The van der Waals surface area contributed by atoms with Crippen LogP contribution in [0, 0.1) is 5.92 Å². The van der Waals surface area contributed by atoms with Crippen LogP contribution in [-0.2, 0) is 27.4 Å². The number of hydrogen-bond donors (Lipinski definition) is 2. The van der Waals surface area contributed by atoms with Crippen molar-refractivity contribution < 1.29 is 37.0 Å². The summed E-state index contributed by atoms with van der Waals surface area (Å²) in [5.41, 5.74) is 2.19. The summed E-state index contributed by atoms with van der Waals surface area (Å²) in [5.74, 6) is -2.17. The van der Waals surface area contributed by atoms with Crippen LogP contribution < -0.4 is 5.32 Å². The lowest BCUT2D eigenvalue weighted by Crippen LogP contribution is -2.45. The topological polar surface area (TPSA) is 110 Å². The SMILES string of the molecule is O=C(NCC1CCOCC1)C1CN(Cc2ccoc2)Cc2cncn21.O=C(O)C(F)(F)F. The third kappa shape index (κ3) is 6.57. The van der Waals surface area contributed by atoms with Crippen molar-refractivity contribution in [2.24, 2.45) is 5.92 Å². The molecule has 2 N–H and O–H groups in total. The average Bonchev–Trinajstić information content (AvgIpc) is 3.44. The Labute approximate surface area is 182 Å². The van der Waals surface area contributed by atoms with E-state index in [1.807, 2.05) is 16.8 Å². The van der Waals surface area contributed by atoms with E-state index in [2.05, 4.69) is 15.2 Å². The molecule has 1 unspecified atom stereocenters. The molecule has 12 heteroatoms. The number of carboxylic acid groups (broad SMARTS) is 1. The highest BCUT2D eigenvalue weighted by molar-refractivity contribution is 5.80. The molecule has 2 aliphatic heterocycles. The number of nitrogens with zero attached hydrogens (tertiary/aromatic N) is 3. The summed E-state index contributed by atoms with van der Waals surface area (Å²) < 4.78 is 44.3. The zero-order valence-electron chi connectivity index (χ0n) is 17.3. The first-order chi connectivity index (χ1) is 15.2. The monoisotopic (exact) mass is 458 g/mol. The van der Waals surface area contributed by atoms with Gasteiger partial charge in [0.2, 0.25) is 5.91 Å². The molecular formula is C20H25F3N4O5. The normalized spacial score (nSPS) is 19.5. The van der Waals surface area contributed by atoms with E-state index in [9.17, 15) is 18.0 Å². The molecule has 1 saturated heterocycles. The number of alkyl halides is 3. The minimum atomic E-state index is -5.08. The second-order valence-electron chi connectivity index (χ2n) is 7.71. The number of halogens is 3. The second kappa shape index (κ2) is 10.6. The molecule has 32 heavy (non-hydrogen) atoms. The number of carboxylic acids is 1. The molecular weight excluding hydrogens is 433 g/mol. The van der Waals surface area contributed by atoms with Crippen LogP contribution in [0.2, 0.25) is 0 Å². The second-order valence-corrected chi connectivity index (χ2v) is 7.71. The highest BCUT2D eigenvalue weighted by atomic mass is 19.4. The van der Waals surface area contributed by atoms with Gasteiger partial charge < -0.3 is 24.1 Å². The van der Waals surface area contributed by atoms with Crippen LogP contribution in [0.15, 0.2) is 35.5 Å². The number of carbonyl (C=O) groups is 2. The van der Waals surface area contributed by atoms with Crippen molar-refractivity contribution in [2.75, 3.05) is 26.3 Å². The van der Waals surface area contributed by atoms with Crippen LogP contribution in [0.4, 0.5) is 13.2 Å². The summed E-state index contributed by atoms with van der Waals surface area (Å²) in [5, 5.41) is 10.3. The predicted octanol–water partition coefficient (Wildman–Crippen LogP) is 2.21. The lowest BCUT2D eigenvalue weighted by molar-refractivity contribution is -0.192. The fraction of sp³-hybridized carbons (Fsp3) is 0.550. The van der Waals surface area contributed by atoms with Gasteiger partial charge in [0.25, 0.3) is 0 Å². The number of ether oxygens (including phenoxy) is 1. The zero-order chi connectivity index (χ0) is 23.1. The van der Waals surface area contributed by atoms with Gasteiger partial charge in [0, 0.05) is 51.2 Å². The summed E-state index contributed by atoms with van der Waals surface area (Å²) in [7, 11) is 0. The molecule has 0 saturated carbocycles.